The molecule has 2 atom stereocenters. The number of benzene rings is 1. The Labute approximate surface area is 95.2 Å². The van der Waals surface area contributed by atoms with Gasteiger partial charge in [-0.1, -0.05) is 18.2 Å². The Morgan fingerprint density at radius 3 is 3.00 bits per heavy atom. The minimum absolute atomic E-state index is 0.117. The van der Waals surface area contributed by atoms with Gasteiger partial charge in [0, 0.05) is 25.1 Å². The lowest BCUT2D eigenvalue weighted by Crippen LogP contribution is -2.40. The molecule has 1 fully saturated rings. The molecule has 0 aliphatic carbocycles. The van der Waals surface area contributed by atoms with Crippen LogP contribution < -0.4 is 4.74 Å². The van der Waals surface area contributed by atoms with Gasteiger partial charge in [-0.15, -0.1) is 0 Å². The highest BCUT2D eigenvalue weighted by molar-refractivity contribution is 5.47. The molecule has 1 aromatic rings. The van der Waals surface area contributed by atoms with E-state index in [4.69, 9.17) is 4.74 Å². The number of hydrogen-bond donors (Lipinski definition) is 0. The number of ether oxygens (including phenoxy) is 1. The third kappa shape index (κ3) is 1.17. The second-order valence-corrected chi connectivity index (χ2v) is 4.75. The van der Waals surface area contributed by atoms with Crippen LogP contribution in [0.4, 0.5) is 0 Å². The van der Waals surface area contributed by atoms with Crippen LogP contribution in [0.25, 0.3) is 0 Å². The number of fused-ring (bicyclic) bond motifs is 1. The summed E-state index contributed by atoms with van der Waals surface area (Å²) >= 11 is 0. The lowest BCUT2D eigenvalue weighted by molar-refractivity contribution is 0.0944. The summed E-state index contributed by atoms with van der Waals surface area (Å²) in [5, 5.41) is 9.38. The SMILES string of the molecule is CN1CCC2(C1)Oc1ccccc1C2C#N. The molecule has 2 unspecified atom stereocenters. The molecule has 1 saturated heterocycles. The zero-order chi connectivity index (χ0) is 11.2. The average Bonchev–Trinajstić information content (AvgIpc) is 2.79. The molecule has 82 valence electrons. The van der Waals surface area contributed by atoms with E-state index in [-0.39, 0.29) is 11.5 Å². The molecular weight excluding hydrogens is 200 g/mol. The van der Waals surface area contributed by atoms with E-state index < -0.39 is 0 Å². The van der Waals surface area contributed by atoms with Crippen LogP contribution in [0, 0.1) is 11.3 Å². The monoisotopic (exact) mass is 214 g/mol. The fourth-order valence-electron chi connectivity index (χ4n) is 2.87. The molecule has 0 amide bonds. The van der Waals surface area contributed by atoms with Gasteiger partial charge in [-0.3, -0.25) is 0 Å². The van der Waals surface area contributed by atoms with E-state index in [0.29, 0.717) is 0 Å². The highest BCUT2D eigenvalue weighted by Gasteiger charge is 2.52. The van der Waals surface area contributed by atoms with Gasteiger partial charge >= 0.3 is 0 Å². The minimum atomic E-state index is -0.298. The summed E-state index contributed by atoms with van der Waals surface area (Å²) < 4.78 is 6.07. The van der Waals surface area contributed by atoms with Crippen LogP contribution in [0.2, 0.25) is 0 Å². The molecule has 1 spiro atoms. The maximum absolute atomic E-state index is 9.38. The first-order valence-electron chi connectivity index (χ1n) is 5.61. The molecular formula is C13H14N2O. The summed E-state index contributed by atoms with van der Waals surface area (Å²) in [4.78, 5) is 2.23. The second kappa shape index (κ2) is 3.23. The van der Waals surface area contributed by atoms with E-state index in [1.807, 2.05) is 24.3 Å². The quantitative estimate of drug-likeness (QED) is 0.660. The van der Waals surface area contributed by atoms with E-state index in [1.54, 1.807) is 0 Å². The van der Waals surface area contributed by atoms with E-state index in [2.05, 4.69) is 18.0 Å². The van der Waals surface area contributed by atoms with E-state index in [9.17, 15) is 5.26 Å². The lowest BCUT2D eigenvalue weighted by Gasteiger charge is -2.26. The van der Waals surface area contributed by atoms with Gasteiger partial charge in [-0.25, -0.2) is 0 Å². The van der Waals surface area contributed by atoms with Crippen LogP contribution in [0.1, 0.15) is 17.9 Å². The smallest absolute Gasteiger partial charge is 0.143 e. The van der Waals surface area contributed by atoms with E-state index in [0.717, 1.165) is 30.8 Å². The molecule has 2 heterocycles. The van der Waals surface area contributed by atoms with Gasteiger partial charge in [0.05, 0.1) is 6.07 Å². The number of rotatable bonds is 0. The maximum atomic E-state index is 9.38. The number of likely N-dealkylation sites (N-methyl/N-ethyl adjacent to an activating group) is 1. The topological polar surface area (TPSA) is 36.3 Å². The van der Waals surface area contributed by atoms with Crippen molar-refractivity contribution in [2.75, 3.05) is 20.1 Å². The van der Waals surface area contributed by atoms with E-state index in [1.165, 1.54) is 0 Å². The first-order valence-corrected chi connectivity index (χ1v) is 5.61. The maximum Gasteiger partial charge on any atom is 0.143 e. The van der Waals surface area contributed by atoms with Gasteiger partial charge in [0.25, 0.3) is 0 Å². The van der Waals surface area contributed by atoms with Crippen molar-refractivity contribution in [1.29, 1.82) is 5.26 Å². The molecule has 1 aromatic carbocycles. The van der Waals surface area contributed by atoms with Gasteiger partial charge in [0.15, 0.2) is 0 Å². The van der Waals surface area contributed by atoms with Gasteiger partial charge in [0.2, 0.25) is 0 Å². The van der Waals surface area contributed by atoms with Crippen LogP contribution >= 0.6 is 0 Å². The summed E-state index contributed by atoms with van der Waals surface area (Å²) in [6.07, 6.45) is 0.941. The summed E-state index contributed by atoms with van der Waals surface area (Å²) in [5.41, 5.74) is 0.757. The van der Waals surface area contributed by atoms with Crippen molar-refractivity contribution < 1.29 is 4.74 Å². The van der Waals surface area contributed by atoms with Gasteiger partial charge < -0.3 is 9.64 Å². The first kappa shape index (κ1) is 9.68. The normalized spacial score (nSPS) is 32.4. The lowest BCUT2D eigenvalue weighted by atomic mass is 9.84. The fraction of sp³-hybridized carbons (Fsp3) is 0.462. The Balaban J connectivity index is 2.05. The van der Waals surface area contributed by atoms with Crippen molar-refractivity contribution in [2.24, 2.45) is 0 Å². The van der Waals surface area contributed by atoms with Crippen molar-refractivity contribution in [3.05, 3.63) is 29.8 Å². The van der Waals surface area contributed by atoms with Crippen LogP contribution in [0.3, 0.4) is 0 Å². The summed E-state index contributed by atoms with van der Waals surface area (Å²) in [5.74, 6) is 0.776. The Hall–Kier alpha value is -1.53. The van der Waals surface area contributed by atoms with Crippen molar-refractivity contribution in [2.45, 2.75) is 17.9 Å². The second-order valence-electron chi connectivity index (χ2n) is 4.75. The zero-order valence-corrected chi connectivity index (χ0v) is 9.31. The summed E-state index contributed by atoms with van der Waals surface area (Å²) in [7, 11) is 2.08. The molecule has 16 heavy (non-hydrogen) atoms. The van der Waals surface area contributed by atoms with Crippen molar-refractivity contribution in [3.8, 4) is 11.8 Å². The highest BCUT2D eigenvalue weighted by atomic mass is 16.5. The number of likely N-dealkylation sites (tertiary alicyclic amines) is 1. The molecule has 0 bridgehead atoms. The van der Waals surface area contributed by atoms with E-state index >= 15 is 0 Å². The number of hydrogen-bond acceptors (Lipinski definition) is 3. The van der Waals surface area contributed by atoms with Gasteiger partial charge in [-0.05, 0) is 13.1 Å². The molecule has 2 aliphatic rings. The molecule has 0 N–H and O–H groups in total. The fourth-order valence-corrected chi connectivity index (χ4v) is 2.87. The molecule has 3 nitrogen and oxygen atoms in total. The largest absolute Gasteiger partial charge is 0.484 e. The molecule has 0 saturated carbocycles. The summed E-state index contributed by atoms with van der Waals surface area (Å²) in [6, 6.07) is 10.3. The molecule has 3 rings (SSSR count). The Bertz CT molecular complexity index is 465. The predicted molar refractivity (Wildman–Crippen MR) is 60.3 cm³/mol. The van der Waals surface area contributed by atoms with Gasteiger partial charge in [-0.2, -0.15) is 5.26 Å². The van der Waals surface area contributed by atoms with Crippen LogP contribution in [0.15, 0.2) is 24.3 Å². The Morgan fingerprint density at radius 2 is 2.31 bits per heavy atom. The standard InChI is InChI=1S/C13H14N2O/c1-15-7-6-13(9-15)11(8-14)10-4-2-3-5-12(10)16-13/h2-5,11H,6-7,9H2,1H3. The Kier molecular flexibility index (Phi) is 1.95. The van der Waals surface area contributed by atoms with Crippen LogP contribution in [-0.4, -0.2) is 30.6 Å². The number of para-hydroxylation sites is 1. The molecule has 3 heteroatoms. The van der Waals surface area contributed by atoms with Crippen LogP contribution in [0.5, 0.6) is 5.75 Å². The number of nitrogens with zero attached hydrogens (tertiary/aromatic N) is 2. The third-order valence-electron chi connectivity index (χ3n) is 3.65. The zero-order valence-electron chi connectivity index (χ0n) is 9.31. The minimum Gasteiger partial charge on any atom is -0.484 e. The highest BCUT2D eigenvalue weighted by Crippen LogP contribution is 2.48. The number of nitriles is 1. The summed E-state index contributed by atoms with van der Waals surface area (Å²) in [6.45, 7) is 1.85. The third-order valence-corrected chi connectivity index (χ3v) is 3.65. The molecule has 0 aromatic heterocycles. The average molecular weight is 214 g/mol. The van der Waals surface area contributed by atoms with Gasteiger partial charge in [0.1, 0.15) is 17.3 Å². The van der Waals surface area contributed by atoms with Crippen molar-refractivity contribution in [1.82, 2.24) is 4.90 Å². The first-order chi connectivity index (χ1) is 7.75. The van der Waals surface area contributed by atoms with Crippen molar-refractivity contribution >= 4 is 0 Å². The molecule has 2 aliphatic heterocycles. The molecule has 0 radical (unpaired) electrons. The van der Waals surface area contributed by atoms with Crippen LogP contribution in [-0.2, 0) is 0 Å². The van der Waals surface area contributed by atoms with Crippen molar-refractivity contribution in [3.63, 3.8) is 0 Å². The Morgan fingerprint density at radius 1 is 1.50 bits per heavy atom. The predicted octanol–water partition coefficient (Wildman–Crippen LogP) is 1.76.